The summed E-state index contributed by atoms with van der Waals surface area (Å²) in [5.41, 5.74) is 6.20. The second kappa shape index (κ2) is 4.44. The van der Waals surface area contributed by atoms with E-state index in [4.69, 9.17) is 5.73 Å². The van der Waals surface area contributed by atoms with Gasteiger partial charge >= 0.3 is 0 Å². The Hall–Kier alpha value is -2.70. The molecule has 2 rings (SSSR count). The van der Waals surface area contributed by atoms with Crippen molar-refractivity contribution in [2.24, 2.45) is 5.73 Å². The lowest BCUT2D eigenvalue weighted by molar-refractivity contribution is 0.0998. The van der Waals surface area contributed by atoms with E-state index in [-0.39, 0.29) is 11.6 Å². The Morgan fingerprint density at radius 2 is 1.94 bits per heavy atom. The van der Waals surface area contributed by atoms with E-state index < -0.39 is 5.91 Å². The largest absolute Gasteiger partial charge is 0.366 e. The second-order valence-electron chi connectivity index (χ2n) is 3.25. The van der Waals surface area contributed by atoms with E-state index in [1.165, 1.54) is 18.3 Å². The minimum Gasteiger partial charge on any atom is -0.366 e. The van der Waals surface area contributed by atoms with E-state index in [9.17, 15) is 9.59 Å². The molecule has 4 N–H and O–H groups in total. The first-order valence-corrected chi connectivity index (χ1v) is 4.74. The number of anilines is 1. The third kappa shape index (κ3) is 2.46. The number of hydrogen-bond donors (Lipinski definition) is 3. The van der Waals surface area contributed by atoms with E-state index in [0.29, 0.717) is 11.3 Å². The molecule has 1 aromatic heterocycles. The minimum atomic E-state index is -0.514. The van der Waals surface area contributed by atoms with Crippen molar-refractivity contribution in [3.8, 4) is 0 Å². The molecule has 2 amide bonds. The Labute approximate surface area is 96.0 Å². The molecule has 0 spiro atoms. The molecule has 0 saturated carbocycles. The summed E-state index contributed by atoms with van der Waals surface area (Å²) >= 11 is 0. The summed E-state index contributed by atoms with van der Waals surface area (Å²) in [6.07, 6.45) is 1.31. The smallest absolute Gasteiger partial charge is 0.277 e. The van der Waals surface area contributed by atoms with Crippen LogP contribution in [0.4, 0.5) is 5.69 Å². The highest BCUT2D eigenvalue weighted by Crippen LogP contribution is 2.10. The number of nitrogens with one attached hydrogen (secondary N) is 2. The summed E-state index contributed by atoms with van der Waals surface area (Å²) in [5, 5.41) is 12.1. The third-order valence-electron chi connectivity index (χ3n) is 2.07. The Kier molecular flexibility index (Phi) is 2.82. The summed E-state index contributed by atoms with van der Waals surface area (Å²) in [6.45, 7) is 0. The van der Waals surface area contributed by atoms with Gasteiger partial charge in [-0.05, 0) is 24.3 Å². The summed E-state index contributed by atoms with van der Waals surface area (Å²) in [4.78, 5) is 22.4. The van der Waals surface area contributed by atoms with Crippen molar-refractivity contribution in [3.63, 3.8) is 0 Å². The van der Waals surface area contributed by atoms with Gasteiger partial charge in [-0.2, -0.15) is 15.4 Å². The first-order chi connectivity index (χ1) is 8.16. The molecule has 0 unspecified atom stereocenters. The van der Waals surface area contributed by atoms with Crippen LogP contribution in [-0.4, -0.2) is 27.2 Å². The van der Waals surface area contributed by atoms with Crippen molar-refractivity contribution in [2.75, 3.05) is 5.32 Å². The molecule has 0 aliphatic rings. The second-order valence-corrected chi connectivity index (χ2v) is 3.25. The van der Waals surface area contributed by atoms with Crippen LogP contribution in [0, 0.1) is 0 Å². The van der Waals surface area contributed by atoms with Crippen LogP contribution >= 0.6 is 0 Å². The molecule has 0 radical (unpaired) electrons. The molecule has 0 fully saturated rings. The van der Waals surface area contributed by atoms with Crippen molar-refractivity contribution in [3.05, 3.63) is 41.7 Å². The summed E-state index contributed by atoms with van der Waals surface area (Å²) in [6, 6.07) is 6.22. The van der Waals surface area contributed by atoms with Crippen LogP contribution in [0.25, 0.3) is 0 Å². The van der Waals surface area contributed by atoms with Gasteiger partial charge in [-0.1, -0.05) is 0 Å². The number of nitrogens with zero attached hydrogens (tertiary/aromatic N) is 2. The highest BCUT2D eigenvalue weighted by molar-refractivity contribution is 6.02. The molecule has 0 saturated heterocycles. The fraction of sp³-hybridized carbons (Fsp3) is 0. The lowest BCUT2D eigenvalue weighted by Gasteiger charge is -2.03. The third-order valence-corrected chi connectivity index (χ3v) is 2.07. The van der Waals surface area contributed by atoms with Crippen LogP contribution < -0.4 is 11.1 Å². The molecule has 7 nitrogen and oxygen atoms in total. The van der Waals surface area contributed by atoms with Crippen molar-refractivity contribution in [1.82, 2.24) is 15.4 Å². The van der Waals surface area contributed by atoms with Gasteiger partial charge in [0.2, 0.25) is 5.91 Å². The summed E-state index contributed by atoms with van der Waals surface area (Å²) < 4.78 is 0. The van der Waals surface area contributed by atoms with E-state index in [0.717, 1.165) is 0 Å². The molecule has 17 heavy (non-hydrogen) atoms. The average Bonchev–Trinajstić information content (AvgIpc) is 2.83. The number of aromatic amines is 1. The highest BCUT2D eigenvalue weighted by atomic mass is 16.2. The van der Waals surface area contributed by atoms with Crippen LogP contribution in [-0.2, 0) is 0 Å². The van der Waals surface area contributed by atoms with Gasteiger partial charge in [-0.25, -0.2) is 0 Å². The van der Waals surface area contributed by atoms with E-state index in [1.807, 2.05) is 0 Å². The zero-order chi connectivity index (χ0) is 12.3. The standard InChI is InChI=1S/C10H9N5O2/c11-9(16)6-1-3-7(4-2-6)13-10(17)8-5-12-15-14-8/h1-5H,(H2,11,16)(H,13,17)(H,12,14,15). The SMILES string of the molecule is NC(=O)c1ccc(NC(=O)c2cn[nH]n2)cc1. The fourth-order valence-electron chi connectivity index (χ4n) is 1.22. The van der Waals surface area contributed by atoms with Gasteiger partial charge in [-0.15, -0.1) is 0 Å². The van der Waals surface area contributed by atoms with Gasteiger partial charge in [0, 0.05) is 11.3 Å². The Morgan fingerprint density at radius 3 is 2.47 bits per heavy atom. The van der Waals surface area contributed by atoms with E-state index in [2.05, 4.69) is 20.7 Å². The maximum atomic E-state index is 11.6. The molecule has 0 bridgehead atoms. The number of benzene rings is 1. The predicted molar refractivity (Wildman–Crippen MR) is 59.3 cm³/mol. The monoisotopic (exact) mass is 231 g/mol. The summed E-state index contributed by atoms with van der Waals surface area (Å²) in [5.74, 6) is -0.898. The van der Waals surface area contributed by atoms with Crippen molar-refractivity contribution in [2.45, 2.75) is 0 Å². The van der Waals surface area contributed by atoms with Crippen LogP contribution in [0.2, 0.25) is 0 Å². The zero-order valence-electron chi connectivity index (χ0n) is 8.68. The molecule has 86 valence electrons. The molecular formula is C10H9N5O2. The number of aromatic nitrogens is 3. The molecule has 2 aromatic rings. The molecule has 7 heteroatoms. The van der Waals surface area contributed by atoms with Crippen molar-refractivity contribution in [1.29, 1.82) is 0 Å². The first kappa shape index (κ1) is 10.8. The maximum absolute atomic E-state index is 11.6. The number of H-pyrrole nitrogens is 1. The fourth-order valence-corrected chi connectivity index (χ4v) is 1.22. The molecule has 0 atom stereocenters. The van der Waals surface area contributed by atoms with Crippen LogP contribution in [0.5, 0.6) is 0 Å². The predicted octanol–water partition coefficient (Wildman–Crippen LogP) is 0.156. The number of rotatable bonds is 3. The number of hydrogen-bond acceptors (Lipinski definition) is 4. The highest BCUT2D eigenvalue weighted by Gasteiger charge is 2.08. The quantitative estimate of drug-likeness (QED) is 0.697. The Balaban J connectivity index is 2.09. The van der Waals surface area contributed by atoms with Crippen LogP contribution in [0.15, 0.2) is 30.5 Å². The van der Waals surface area contributed by atoms with Crippen molar-refractivity contribution < 1.29 is 9.59 Å². The topological polar surface area (TPSA) is 114 Å². The number of carbonyl (C=O) groups is 2. The summed E-state index contributed by atoms with van der Waals surface area (Å²) in [7, 11) is 0. The van der Waals surface area contributed by atoms with Gasteiger partial charge in [0.1, 0.15) is 0 Å². The molecule has 1 heterocycles. The molecule has 1 aromatic carbocycles. The van der Waals surface area contributed by atoms with Gasteiger partial charge in [0.15, 0.2) is 5.69 Å². The Morgan fingerprint density at radius 1 is 1.24 bits per heavy atom. The van der Waals surface area contributed by atoms with Gasteiger partial charge in [0.05, 0.1) is 6.20 Å². The van der Waals surface area contributed by atoms with Crippen LogP contribution in [0.1, 0.15) is 20.8 Å². The average molecular weight is 231 g/mol. The molecule has 0 aliphatic carbocycles. The van der Waals surface area contributed by atoms with E-state index in [1.54, 1.807) is 12.1 Å². The van der Waals surface area contributed by atoms with Gasteiger partial charge in [-0.3, -0.25) is 9.59 Å². The molecule has 0 aliphatic heterocycles. The molecular weight excluding hydrogens is 222 g/mol. The van der Waals surface area contributed by atoms with E-state index >= 15 is 0 Å². The number of carbonyl (C=O) groups excluding carboxylic acids is 2. The normalized spacial score (nSPS) is 9.88. The lowest BCUT2D eigenvalue weighted by Crippen LogP contribution is -2.13. The zero-order valence-corrected chi connectivity index (χ0v) is 8.68. The Bertz CT molecular complexity index is 532. The lowest BCUT2D eigenvalue weighted by atomic mass is 10.2. The number of amides is 2. The van der Waals surface area contributed by atoms with Crippen LogP contribution in [0.3, 0.4) is 0 Å². The number of nitrogens with two attached hydrogens (primary N) is 1. The van der Waals surface area contributed by atoms with Gasteiger partial charge in [0.25, 0.3) is 5.91 Å². The minimum absolute atomic E-state index is 0.184. The maximum Gasteiger partial charge on any atom is 0.277 e. The first-order valence-electron chi connectivity index (χ1n) is 4.74. The van der Waals surface area contributed by atoms with Crippen molar-refractivity contribution >= 4 is 17.5 Å². The van der Waals surface area contributed by atoms with Gasteiger partial charge < -0.3 is 11.1 Å². The number of primary amides is 1.